The van der Waals surface area contributed by atoms with Gasteiger partial charge in [0, 0.05) is 24.7 Å². The third kappa shape index (κ3) is 3.46. The Morgan fingerprint density at radius 2 is 2.20 bits per heavy atom. The molecule has 2 aliphatic rings. The molecule has 1 saturated carbocycles. The molecule has 2 aromatic heterocycles. The predicted molar refractivity (Wildman–Crippen MR) is 92.2 cm³/mol. The fourth-order valence-electron chi connectivity index (χ4n) is 3.72. The number of hydrogen-bond donors (Lipinski definition) is 0. The fraction of sp³-hybridized carbons (Fsp3) is 0.588. The quantitative estimate of drug-likeness (QED) is 0.810. The second-order valence-electron chi connectivity index (χ2n) is 7.27. The lowest BCUT2D eigenvalue weighted by molar-refractivity contribution is 0.191. The summed E-state index contributed by atoms with van der Waals surface area (Å²) < 4.78 is 31.2. The van der Waals surface area contributed by atoms with Crippen LogP contribution < -0.4 is 0 Å². The van der Waals surface area contributed by atoms with Crippen molar-refractivity contribution < 1.29 is 12.9 Å². The topological polar surface area (TPSA) is 89.2 Å². The maximum atomic E-state index is 12.1. The average molecular weight is 362 g/mol. The van der Waals surface area contributed by atoms with Crippen LogP contribution in [0.3, 0.4) is 0 Å². The second kappa shape index (κ2) is 6.17. The molecule has 1 aliphatic heterocycles. The van der Waals surface area contributed by atoms with E-state index in [4.69, 9.17) is 4.52 Å². The van der Waals surface area contributed by atoms with Gasteiger partial charge in [-0.2, -0.15) is 4.98 Å². The van der Waals surface area contributed by atoms with E-state index in [1.807, 2.05) is 18.2 Å². The van der Waals surface area contributed by atoms with Gasteiger partial charge in [0.2, 0.25) is 10.0 Å². The molecule has 3 heterocycles. The van der Waals surface area contributed by atoms with Gasteiger partial charge in [0.1, 0.15) is 5.69 Å². The van der Waals surface area contributed by atoms with Crippen LogP contribution in [0, 0.1) is 5.92 Å². The van der Waals surface area contributed by atoms with Gasteiger partial charge >= 0.3 is 0 Å². The third-order valence-electron chi connectivity index (χ3n) is 5.17. The summed E-state index contributed by atoms with van der Waals surface area (Å²) in [4.78, 5) is 8.87. The number of pyridine rings is 1. The number of piperidine rings is 1. The molecular weight excluding hydrogens is 340 g/mol. The Balaban J connectivity index is 1.68. The zero-order chi connectivity index (χ0) is 17.5. The Bertz CT molecular complexity index is 848. The van der Waals surface area contributed by atoms with Gasteiger partial charge in [0.05, 0.1) is 6.26 Å². The van der Waals surface area contributed by atoms with E-state index in [2.05, 4.69) is 15.1 Å². The molecular formula is C17H22N4O3S. The van der Waals surface area contributed by atoms with E-state index in [-0.39, 0.29) is 5.41 Å². The van der Waals surface area contributed by atoms with Crippen molar-refractivity contribution >= 4 is 10.0 Å². The van der Waals surface area contributed by atoms with Crippen LogP contribution in [0.4, 0.5) is 0 Å². The Morgan fingerprint density at radius 3 is 2.88 bits per heavy atom. The monoisotopic (exact) mass is 362 g/mol. The fourth-order valence-corrected chi connectivity index (χ4v) is 4.66. The van der Waals surface area contributed by atoms with Gasteiger partial charge in [-0.1, -0.05) is 24.1 Å². The molecule has 1 saturated heterocycles. The van der Waals surface area contributed by atoms with Crippen LogP contribution in [0.15, 0.2) is 28.9 Å². The molecule has 0 amide bonds. The van der Waals surface area contributed by atoms with Crippen molar-refractivity contribution in [1.29, 1.82) is 0 Å². The predicted octanol–water partition coefficient (Wildman–Crippen LogP) is 2.22. The lowest BCUT2D eigenvalue weighted by Gasteiger charge is -2.39. The van der Waals surface area contributed by atoms with Gasteiger partial charge < -0.3 is 4.52 Å². The third-order valence-corrected chi connectivity index (χ3v) is 6.42. The first kappa shape index (κ1) is 16.7. The molecule has 7 nitrogen and oxygen atoms in total. The number of aromatic nitrogens is 3. The first-order valence-corrected chi connectivity index (χ1v) is 10.5. The number of rotatable bonds is 5. The summed E-state index contributed by atoms with van der Waals surface area (Å²) in [7, 11) is -3.23. The highest BCUT2D eigenvalue weighted by molar-refractivity contribution is 7.88. The summed E-state index contributed by atoms with van der Waals surface area (Å²) in [5.41, 5.74) is 0.276. The van der Waals surface area contributed by atoms with Crippen molar-refractivity contribution in [3.8, 4) is 11.6 Å². The Kier molecular flexibility index (Phi) is 4.11. The SMILES string of the molecule is CS(=O)(=O)N1CCCC(CC2CC2)(c2noc(-c3ccccn3)n2)C1. The Hall–Kier alpha value is -1.80. The molecule has 2 aromatic rings. The summed E-state index contributed by atoms with van der Waals surface area (Å²) >= 11 is 0. The smallest absolute Gasteiger partial charge is 0.276 e. The van der Waals surface area contributed by atoms with Crippen molar-refractivity contribution in [3.05, 3.63) is 30.2 Å². The van der Waals surface area contributed by atoms with Gasteiger partial charge in [-0.05, 0) is 37.3 Å². The first-order valence-electron chi connectivity index (χ1n) is 8.67. The molecule has 1 atom stereocenters. The summed E-state index contributed by atoms with van der Waals surface area (Å²) in [6.45, 7) is 1.000. The largest absolute Gasteiger partial charge is 0.332 e. The van der Waals surface area contributed by atoms with E-state index in [1.54, 1.807) is 10.5 Å². The Morgan fingerprint density at radius 1 is 1.36 bits per heavy atom. The van der Waals surface area contributed by atoms with Crippen LogP contribution in [-0.2, 0) is 15.4 Å². The highest BCUT2D eigenvalue weighted by Crippen LogP contribution is 2.46. The van der Waals surface area contributed by atoms with E-state index in [0.29, 0.717) is 36.4 Å². The molecule has 4 rings (SSSR count). The minimum absolute atomic E-state index is 0.362. The molecule has 0 aromatic carbocycles. The van der Waals surface area contributed by atoms with E-state index < -0.39 is 10.0 Å². The van der Waals surface area contributed by atoms with Crippen LogP contribution in [0.5, 0.6) is 0 Å². The van der Waals surface area contributed by atoms with Crippen molar-refractivity contribution in [2.75, 3.05) is 19.3 Å². The maximum Gasteiger partial charge on any atom is 0.276 e. The van der Waals surface area contributed by atoms with Gasteiger partial charge in [0.15, 0.2) is 5.82 Å². The molecule has 0 spiro atoms. The van der Waals surface area contributed by atoms with E-state index in [1.165, 1.54) is 19.1 Å². The summed E-state index contributed by atoms with van der Waals surface area (Å²) in [6.07, 6.45) is 7.97. The standard InChI is InChI=1S/C17H22N4O3S/c1-25(22,23)21-10-4-8-17(12-21,11-13-6-7-13)16-19-15(24-20-16)14-5-2-3-9-18-14/h2-3,5,9,13H,4,6-8,10-12H2,1H3. The maximum absolute atomic E-state index is 12.1. The summed E-state index contributed by atoms with van der Waals surface area (Å²) in [5.74, 6) is 1.65. The van der Waals surface area contributed by atoms with E-state index in [0.717, 1.165) is 19.3 Å². The van der Waals surface area contributed by atoms with Crippen molar-refractivity contribution in [3.63, 3.8) is 0 Å². The van der Waals surface area contributed by atoms with Crippen LogP contribution in [0.1, 0.15) is 37.9 Å². The molecule has 2 fully saturated rings. The highest BCUT2D eigenvalue weighted by atomic mass is 32.2. The Labute approximate surface area is 147 Å². The number of nitrogens with zero attached hydrogens (tertiary/aromatic N) is 4. The van der Waals surface area contributed by atoms with Crippen LogP contribution in [0.25, 0.3) is 11.6 Å². The normalized spacial score (nSPS) is 25.2. The first-order chi connectivity index (χ1) is 12.0. The van der Waals surface area contributed by atoms with Gasteiger partial charge in [-0.3, -0.25) is 4.98 Å². The van der Waals surface area contributed by atoms with Gasteiger partial charge in [-0.15, -0.1) is 0 Å². The zero-order valence-corrected chi connectivity index (χ0v) is 15.1. The molecule has 0 N–H and O–H groups in total. The minimum atomic E-state index is -3.23. The summed E-state index contributed by atoms with van der Waals surface area (Å²) in [5, 5.41) is 4.24. The van der Waals surface area contributed by atoms with Gasteiger partial charge in [0.25, 0.3) is 5.89 Å². The molecule has 0 radical (unpaired) electrons. The lowest BCUT2D eigenvalue weighted by Crippen LogP contribution is -2.49. The molecule has 25 heavy (non-hydrogen) atoms. The number of sulfonamides is 1. The average Bonchev–Trinajstić information content (AvgIpc) is 3.26. The van der Waals surface area contributed by atoms with Crippen molar-refractivity contribution in [1.82, 2.24) is 19.4 Å². The van der Waals surface area contributed by atoms with Gasteiger partial charge in [-0.25, -0.2) is 12.7 Å². The zero-order valence-electron chi connectivity index (χ0n) is 14.3. The lowest BCUT2D eigenvalue weighted by atomic mass is 9.75. The van der Waals surface area contributed by atoms with E-state index in [9.17, 15) is 8.42 Å². The molecule has 1 aliphatic carbocycles. The van der Waals surface area contributed by atoms with Crippen LogP contribution in [0.2, 0.25) is 0 Å². The van der Waals surface area contributed by atoms with Crippen molar-refractivity contribution in [2.45, 2.75) is 37.5 Å². The number of hydrogen-bond acceptors (Lipinski definition) is 6. The van der Waals surface area contributed by atoms with Crippen molar-refractivity contribution in [2.24, 2.45) is 5.92 Å². The molecule has 134 valence electrons. The van der Waals surface area contributed by atoms with Crippen LogP contribution in [-0.4, -0.2) is 47.2 Å². The highest BCUT2D eigenvalue weighted by Gasteiger charge is 2.46. The van der Waals surface area contributed by atoms with Crippen LogP contribution >= 0.6 is 0 Å². The molecule has 8 heteroatoms. The molecule has 1 unspecified atom stereocenters. The summed E-state index contributed by atoms with van der Waals surface area (Å²) in [6, 6.07) is 5.53. The molecule has 0 bridgehead atoms. The second-order valence-corrected chi connectivity index (χ2v) is 9.25. The minimum Gasteiger partial charge on any atom is -0.332 e. The van der Waals surface area contributed by atoms with E-state index >= 15 is 0 Å².